The molecule has 0 N–H and O–H groups in total. The number of benzene rings is 4. The summed E-state index contributed by atoms with van der Waals surface area (Å²) in [7, 11) is 0. The van der Waals surface area contributed by atoms with E-state index in [0.717, 1.165) is 11.3 Å². The molecule has 4 aromatic carbocycles. The molecular formula is C25H19O3Ti-. The minimum absolute atomic E-state index is 0. The van der Waals surface area contributed by atoms with Gasteiger partial charge in [-0.2, -0.15) is 6.07 Å². The van der Waals surface area contributed by atoms with Gasteiger partial charge in [0.1, 0.15) is 17.2 Å². The third kappa shape index (κ3) is 5.67. The minimum atomic E-state index is 0. The zero-order valence-corrected chi connectivity index (χ0v) is 17.3. The molecule has 4 aromatic rings. The molecule has 29 heavy (non-hydrogen) atoms. The van der Waals surface area contributed by atoms with Gasteiger partial charge in [0.25, 0.3) is 0 Å². The summed E-state index contributed by atoms with van der Waals surface area (Å²) in [6.07, 6.45) is 0.351. The number of ether oxygens (including phenoxy) is 3. The van der Waals surface area contributed by atoms with Gasteiger partial charge in [0.05, 0.1) is 0 Å². The van der Waals surface area contributed by atoms with Crippen molar-refractivity contribution in [3.63, 3.8) is 0 Å². The van der Waals surface area contributed by atoms with E-state index in [4.69, 9.17) is 14.2 Å². The monoisotopic (exact) mass is 415 g/mol. The average Bonchev–Trinajstić information content (AvgIpc) is 2.76. The summed E-state index contributed by atoms with van der Waals surface area (Å²) in [6.45, 7) is 0. The van der Waals surface area contributed by atoms with Crippen LogP contribution in [0.2, 0.25) is 0 Å². The summed E-state index contributed by atoms with van der Waals surface area (Å²) in [5, 5.41) is 0. The van der Waals surface area contributed by atoms with Gasteiger partial charge in [-0.05, 0) is 36.4 Å². The third-order valence-electron chi connectivity index (χ3n) is 3.99. The Morgan fingerprint density at radius 2 is 0.862 bits per heavy atom. The SMILES string of the molecule is [Ti].c1ccc(Oc2ccccc2[C-](Oc2ccccc2)Oc2ccccc2)cc1. The number of hydrogen-bond donors (Lipinski definition) is 0. The van der Waals surface area contributed by atoms with Crippen LogP contribution in [0.5, 0.6) is 23.0 Å². The van der Waals surface area contributed by atoms with E-state index in [1.807, 2.05) is 115 Å². The van der Waals surface area contributed by atoms with Crippen molar-refractivity contribution >= 4 is 0 Å². The first-order valence-corrected chi connectivity index (χ1v) is 9.03. The molecule has 0 aliphatic heterocycles. The Morgan fingerprint density at radius 1 is 0.448 bits per heavy atom. The van der Waals surface area contributed by atoms with E-state index in [1.165, 1.54) is 0 Å². The molecule has 0 heterocycles. The normalized spacial score (nSPS) is 9.79. The van der Waals surface area contributed by atoms with Gasteiger partial charge in [-0.25, -0.2) is 0 Å². The smallest absolute Gasteiger partial charge is 0.183 e. The standard InChI is InChI=1S/C25H19O3.Ti/c1-4-12-20(13-5-1)26-24-19-11-10-18-23(24)25(27-21-14-6-2-7-15-21)28-22-16-8-3-9-17-22;/h1-19H;/q-1;. The molecule has 4 heteroatoms. The quantitative estimate of drug-likeness (QED) is 0.256. The van der Waals surface area contributed by atoms with Gasteiger partial charge in [0, 0.05) is 27.5 Å². The number of rotatable bonds is 7. The first-order chi connectivity index (χ1) is 13.9. The fraction of sp³-hybridized carbons (Fsp3) is 0. The van der Waals surface area contributed by atoms with Crippen molar-refractivity contribution in [3.05, 3.63) is 127 Å². The van der Waals surface area contributed by atoms with Crippen molar-refractivity contribution in [3.8, 4) is 23.0 Å². The molecule has 3 nitrogen and oxygen atoms in total. The first-order valence-electron chi connectivity index (χ1n) is 9.03. The Labute approximate surface area is 185 Å². The van der Waals surface area contributed by atoms with Crippen LogP contribution in [0.25, 0.3) is 0 Å². The van der Waals surface area contributed by atoms with Crippen LogP contribution >= 0.6 is 0 Å². The molecule has 0 aliphatic rings. The van der Waals surface area contributed by atoms with Gasteiger partial charge in [-0.3, -0.25) is 0 Å². The Bertz CT molecular complexity index is 950. The van der Waals surface area contributed by atoms with Crippen LogP contribution in [0.1, 0.15) is 5.56 Å². The van der Waals surface area contributed by atoms with E-state index >= 15 is 0 Å². The van der Waals surface area contributed by atoms with E-state index in [-0.39, 0.29) is 21.7 Å². The number of hydrogen-bond acceptors (Lipinski definition) is 3. The maximum Gasteiger partial charge on any atom is 0.183 e. The Kier molecular flexibility index (Phi) is 7.40. The zero-order chi connectivity index (χ0) is 19.0. The van der Waals surface area contributed by atoms with Gasteiger partial charge < -0.3 is 14.2 Å². The van der Waals surface area contributed by atoms with Crippen molar-refractivity contribution in [2.24, 2.45) is 0 Å². The van der Waals surface area contributed by atoms with E-state index in [1.54, 1.807) is 0 Å². The molecule has 0 unspecified atom stereocenters. The topological polar surface area (TPSA) is 27.7 Å². The maximum absolute atomic E-state index is 6.10. The van der Waals surface area contributed by atoms with Crippen LogP contribution in [-0.4, -0.2) is 0 Å². The van der Waals surface area contributed by atoms with Crippen LogP contribution in [-0.2, 0) is 21.7 Å². The Morgan fingerprint density at radius 3 is 1.38 bits per heavy atom. The average molecular weight is 415 g/mol. The number of para-hydroxylation sites is 4. The summed E-state index contributed by atoms with van der Waals surface area (Å²) in [5.74, 6) is 2.76. The van der Waals surface area contributed by atoms with Crippen LogP contribution in [0, 0.1) is 6.29 Å². The van der Waals surface area contributed by atoms with Crippen LogP contribution in [0.15, 0.2) is 115 Å². The van der Waals surface area contributed by atoms with E-state index in [9.17, 15) is 0 Å². The second-order valence-corrected chi connectivity index (χ2v) is 6.03. The molecular weight excluding hydrogens is 396 g/mol. The summed E-state index contributed by atoms with van der Waals surface area (Å²) in [5.41, 5.74) is 0.721. The van der Waals surface area contributed by atoms with Crippen molar-refractivity contribution < 1.29 is 35.9 Å². The largest absolute Gasteiger partial charge is 0.516 e. The fourth-order valence-corrected chi connectivity index (χ4v) is 2.66. The van der Waals surface area contributed by atoms with Gasteiger partial charge in [-0.15, -0.1) is 6.07 Å². The second kappa shape index (κ2) is 10.4. The maximum atomic E-state index is 6.10. The van der Waals surface area contributed by atoms with Crippen LogP contribution < -0.4 is 14.2 Å². The summed E-state index contributed by atoms with van der Waals surface area (Å²) >= 11 is 0. The fourth-order valence-electron chi connectivity index (χ4n) is 2.66. The molecule has 0 atom stereocenters. The van der Waals surface area contributed by atoms with Crippen molar-refractivity contribution in [2.45, 2.75) is 0 Å². The molecule has 0 saturated carbocycles. The summed E-state index contributed by atoms with van der Waals surface area (Å²) in [4.78, 5) is 0. The first kappa shape index (κ1) is 20.6. The minimum Gasteiger partial charge on any atom is -0.516 e. The second-order valence-electron chi connectivity index (χ2n) is 6.03. The predicted molar refractivity (Wildman–Crippen MR) is 109 cm³/mol. The van der Waals surface area contributed by atoms with Crippen molar-refractivity contribution in [1.82, 2.24) is 0 Å². The van der Waals surface area contributed by atoms with E-state index in [2.05, 4.69) is 0 Å². The zero-order valence-electron chi connectivity index (χ0n) is 15.7. The van der Waals surface area contributed by atoms with E-state index in [0.29, 0.717) is 23.5 Å². The molecule has 0 aromatic heterocycles. The van der Waals surface area contributed by atoms with Crippen molar-refractivity contribution in [2.75, 3.05) is 0 Å². The predicted octanol–water partition coefficient (Wildman–Crippen LogP) is 6.47. The molecule has 0 amide bonds. The van der Waals surface area contributed by atoms with Gasteiger partial charge >= 0.3 is 0 Å². The van der Waals surface area contributed by atoms with Gasteiger partial charge in [0.15, 0.2) is 6.29 Å². The van der Waals surface area contributed by atoms with Gasteiger partial charge in [-0.1, -0.05) is 72.3 Å². The summed E-state index contributed by atoms with van der Waals surface area (Å²) < 4.78 is 18.3. The van der Waals surface area contributed by atoms with Crippen LogP contribution in [0.4, 0.5) is 0 Å². The summed E-state index contributed by atoms with van der Waals surface area (Å²) in [6, 6.07) is 36.4. The third-order valence-corrected chi connectivity index (χ3v) is 3.99. The van der Waals surface area contributed by atoms with Crippen molar-refractivity contribution in [1.29, 1.82) is 0 Å². The molecule has 0 bridgehead atoms. The Balaban J connectivity index is 0.00000240. The molecule has 142 valence electrons. The van der Waals surface area contributed by atoms with Gasteiger partial charge in [0.2, 0.25) is 0 Å². The van der Waals surface area contributed by atoms with E-state index < -0.39 is 0 Å². The van der Waals surface area contributed by atoms with Crippen LogP contribution in [0.3, 0.4) is 0 Å². The molecule has 0 spiro atoms. The Hall–Kier alpha value is -3.14. The molecule has 0 aliphatic carbocycles. The molecule has 0 fully saturated rings. The molecule has 4 rings (SSSR count). The molecule has 0 radical (unpaired) electrons. The molecule has 0 saturated heterocycles.